The summed E-state index contributed by atoms with van der Waals surface area (Å²) in [6.07, 6.45) is 2.07. The first-order chi connectivity index (χ1) is 10.1. The minimum atomic E-state index is -0.834. The zero-order valence-electron chi connectivity index (χ0n) is 12.1. The molecule has 1 aromatic carbocycles. The standard InChI is InChI=1S/C16H19N3O2/c1-9(2)10-3-5-11(6-4-10)14-15-12(17-8-18-15)7-13(19-14)16(20)21/h3-6,8-9,13-14,19H,7H2,1-2H3,(H,17,18)(H,20,21)/t13-,14+/m1/s1. The Morgan fingerprint density at radius 2 is 2.05 bits per heavy atom. The molecule has 0 spiro atoms. The van der Waals surface area contributed by atoms with E-state index in [1.165, 1.54) is 5.56 Å². The Bertz CT molecular complexity index is 646. The number of fused-ring (bicyclic) bond motifs is 1. The van der Waals surface area contributed by atoms with Gasteiger partial charge in [0, 0.05) is 12.1 Å². The Balaban J connectivity index is 1.95. The van der Waals surface area contributed by atoms with Crippen molar-refractivity contribution in [2.24, 2.45) is 0 Å². The van der Waals surface area contributed by atoms with Crippen LogP contribution in [-0.4, -0.2) is 27.1 Å². The summed E-state index contributed by atoms with van der Waals surface area (Å²) in [6.45, 7) is 4.31. The highest BCUT2D eigenvalue weighted by Gasteiger charge is 2.33. The van der Waals surface area contributed by atoms with Crippen LogP contribution in [0.4, 0.5) is 0 Å². The van der Waals surface area contributed by atoms with Crippen LogP contribution in [0.3, 0.4) is 0 Å². The zero-order chi connectivity index (χ0) is 15.0. The molecule has 0 aliphatic carbocycles. The molecule has 5 nitrogen and oxygen atoms in total. The van der Waals surface area contributed by atoms with Gasteiger partial charge in [-0.25, -0.2) is 4.98 Å². The van der Waals surface area contributed by atoms with Gasteiger partial charge in [-0.1, -0.05) is 38.1 Å². The van der Waals surface area contributed by atoms with Crippen LogP contribution in [0.25, 0.3) is 0 Å². The Morgan fingerprint density at radius 1 is 1.33 bits per heavy atom. The van der Waals surface area contributed by atoms with E-state index < -0.39 is 12.0 Å². The average molecular weight is 285 g/mol. The first-order valence-electron chi connectivity index (χ1n) is 7.17. The van der Waals surface area contributed by atoms with Crippen molar-refractivity contribution in [1.82, 2.24) is 15.3 Å². The number of hydrogen-bond acceptors (Lipinski definition) is 3. The molecule has 0 bridgehead atoms. The van der Waals surface area contributed by atoms with Crippen LogP contribution in [0.2, 0.25) is 0 Å². The van der Waals surface area contributed by atoms with Gasteiger partial charge >= 0.3 is 5.97 Å². The van der Waals surface area contributed by atoms with Crippen LogP contribution in [0, 0.1) is 0 Å². The van der Waals surface area contributed by atoms with Gasteiger partial charge in [-0.15, -0.1) is 0 Å². The van der Waals surface area contributed by atoms with Crippen molar-refractivity contribution in [1.29, 1.82) is 0 Å². The van der Waals surface area contributed by atoms with Crippen molar-refractivity contribution >= 4 is 5.97 Å². The molecule has 3 rings (SSSR count). The lowest BCUT2D eigenvalue weighted by Gasteiger charge is -2.28. The van der Waals surface area contributed by atoms with E-state index in [4.69, 9.17) is 0 Å². The molecule has 0 saturated heterocycles. The lowest BCUT2D eigenvalue weighted by atomic mass is 9.92. The lowest BCUT2D eigenvalue weighted by Crippen LogP contribution is -2.45. The molecular formula is C16H19N3O2. The fourth-order valence-electron chi connectivity index (χ4n) is 2.77. The molecule has 0 fully saturated rings. The molecule has 5 heteroatoms. The monoisotopic (exact) mass is 285 g/mol. The summed E-state index contributed by atoms with van der Waals surface area (Å²) in [4.78, 5) is 18.7. The SMILES string of the molecule is CC(C)c1ccc([C@@H]2N[C@@H](C(=O)O)Cc3[nH]cnc32)cc1. The quantitative estimate of drug-likeness (QED) is 0.808. The molecule has 0 radical (unpaired) electrons. The van der Waals surface area contributed by atoms with Gasteiger partial charge in [-0.3, -0.25) is 10.1 Å². The molecule has 3 N–H and O–H groups in total. The number of imidazole rings is 1. The molecular weight excluding hydrogens is 266 g/mol. The topological polar surface area (TPSA) is 78.0 Å². The predicted molar refractivity (Wildman–Crippen MR) is 79.2 cm³/mol. The van der Waals surface area contributed by atoms with E-state index >= 15 is 0 Å². The van der Waals surface area contributed by atoms with Gasteiger partial charge in [0.25, 0.3) is 0 Å². The number of H-pyrrole nitrogens is 1. The van der Waals surface area contributed by atoms with E-state index in [1.807, 2.05) is 0 Å². The second kappa shape index (κ2) is 5.33. The third-order valence-electron chi connectivity index (χ3n) is 4.04. The summed E-state index contributed by atoms with van der Waals surface area (Å²) in [7, 11) is 0. The van der Waals surface area contributed by atoms with Gasteiger partial charge in [-0.2, -0.15) is 0 Å². The molecule has 1 aliphatic heterocycles. The number of carbonyl (C=O) groups is 1. The van der Waals surface area contributed by atoms with Gasteiger partial charge in [0.15, 0.2) is 0 Å². The second-order valence-corrected chi connectivity index (χ2v) is 5.78. The van der Waals surface area contributed by atoms with Crippen LogP contribution >= 0.6 is 0 Å². The largest absolute Gasteiger partial charge is 0.480 e. The Hall–Kier alpha value is -2.14. The number of benzene rings is 1. The summed E-state index contributed by atoms with van der Waals surface area (Å²) in [6, 6.07) is 7.53. The van der Waals surface area contributed by atoms with E-state index in [9.17, 15) is 9.90 Å². The molecule has 21 heavy (non-hydrogen) atoms. The minimum absolute atomic E-state index is 0.178. The maximum absolute atomic E-state index is 11.3. The van der Waals surface area contributed by atoms with Crippen LogP contribution in [0.15, 0.2) is 30.6 Å². The summed E-state index contributed by atoms with van der Waals surface area (Å²) in [5, 5.41) is 12.5. The van der Waals surface area contributed by atoms with E-state index in [2.05, 4.69) is 53.4 Å². The van der Waals surface area contributed by atoms with E-state index in [0.717, 1.165) is 17.0 Å². The van der Waals surface area contributed by atoms with Gasteiger partial charge in [0.05, 0.1) is 18.1 Å². The number of rotatable bonds is 3. The van der Waals surface area contributed by atoms with Crippen LogP contribution in [0.5, 0.6) is 0 Å². The zero-order valence-corrected chi connectivity index (χ0v) is 12.1. The summed E-state index contributed by atoms with van der Waals surface area (Å²) >= 11 is 0. The summed E-state index contributed by atoms with van der Waals surface area (Å²) in [5.74, 6) is -0.356. The lowest BCUT2D eigenvalue weighted by molar-refractivity contribution is -0.139. The molecule has 110 valence electrons. The van der Waals surface area contributed by atoms with E-state index in [1.54, 1.807) is 6.33 Å². The van der Waals surface area contributed by atoms with E-state index in [-0.39, 0.29) is 6.04 Å². The first kappa shape index (κ1) is 13.8. The van der Waals surface area contributed by atoms with Crippen molar-refractivity contribution in [3.8, 4) is 0 Å². The van der Waals surface area contributed by atoms with Crippen LogP contribution in [0.1, 0.15) is 48.3 Å². The Morgan fingerprint density at radius 3 is 2.67 bits per heavy atom. The van der Waals surface area contributed by atoms with Crippen molar-refractivity contribution in [2.45, 2.75) is 38.3 Å². The molecule has 2 heterocycles. The number of nitrogens with zero attached hydrogens (tertiary/aromatic N) is 1. The van der Waals surface area contributed by atoms with Crippen LogP contribution in [-0.2, 0) is 11.2 Å². The highest BCUT2D eigenvalue weighted by atomic mass is 16.4. The van der Waals surface area contributed by atoms with E-state index in [0.29, 0.717) is 12.3 Å². The number of nitrogens with one attached hydrogen (secondary N) is 2. The minimum Gasteiger partial charge on any atom is -0.480 e. The summed E-state index contributed by atoms with van der Waals surface area (Å²) in [5.41, 5.74) is 4.11. The number of aromatic nitrogens is 2. The second-order valence-electron chi connectivity index (χ2n) is 5.78. The average Bonchev–Trinajstić information content (AvgIpc) is 2.94. The predicted octanol–water partition coefficient (Wildman–Crippen LogP) is 2.22. The number of aromatic amines is 1. The van der Waals surface area contributed by atoms with Crippen molar-refractivity contribution in [3.05, 3.63) is 53.1 Å². The third kappa shape index (κ3) is 2.56. The highest BCUT2D eigenvalue weighted by molar-refractivity contribution is 5.74. The normalized spacial score (nSPS) is 21.3. The molecule has 0 unspecified atom stereocenters. The molecule has 1 aromatic heterocycles. The number of hydrogen-bond donors (Lipinski definition) is 3. The van der Waals surface area contributed by atoms with Crippen molar-refractivity contribution in [2.75, 3.05) is 0 Å². The molecule has 2 aromatic rings. The smallest absolute Gasteiger partial charge is 0.321 e. The van der Waals surface area contributed by atoms with Crippen molar-refractivity contribution in [3.63, 3.8) is 0 Å². The first-order valence-corrected chi connectivity index (χ1v) is 7.17. The van der Waals surface area contributed by atoms with Gasteiger partial charge in [0.2, 0.25) is 0 Å². The number of carboxylic acid groups (broad SMARTS) is 1. The fourth-order valence-corrected chi connectivity index (χ4v) is 2.77. The highest BCUT2D eigenvalue weighted by Crippen LogP contribution is 2.29. The van der Waals surface area contributed by atoms with Crippen molar-refractivity contribution < 1.29 is 9.90 Å². The van der Waals surface area contributed by atoms with Crippen LogP contribution < -0.4 is 5.32 Å². The Kier molecular flexibility index (Phi) is 3.51. The maximum Gasteiger partial charge on any atom is 0.321 e. The van der Waals surface area contributed by atoms with Gasteiger partial charge < -0.3 is 10.1 Å². The van der Waals surface area contributed by atoms with Gasteiger partial charge in [-0.05, 0) is 17.0 Å². The molecule has 2 atom stereocenters. The molecule has 1 aliphatic rings. The third-order valence-corrected chi connectivity index (χ3v) is 4.04. The number of carboxylic acids is 1. The molecule has 0 amide bonds. The maximum atomic E-state index is 11.3. The summed E-state index contributed by atoms with van der Waals surface area (Å²) < 4.78 is 0. The fraction of sp³-hybridized carbons (Fsp3) is 0.375. The molecule has 0 saturated carbocycles. The Labute approximate surface area is 123 Å². The number of aliphatic carboxylic acids is 1. The van der Waals surface area contributed by atoms with Gasteiger partial charge in [0.1, 0.15) is 6.04 Å².